The number of imidazole rings is 1. The third-order valence-electron chi connectivity index (χ3n) is 2.18. The molecule has 1 amide bonds. The average Bonchev–Trinajstić information content (AvgIpc) is 2.67. The van der Waals surface area contributed by atoms with E-state index in [0.29, 0.717) is 11.0 Å². The van der Waals surface area contributed by atoms with Crippen LogP contribution in [0.2, 0.25) is 0 Å². The molecule has 0 saturated carbocycles. The lowest BCUT2D eigenvalue weighted by atomic mass is 10.3. The maximum absolute atomic E-state index is 11.7. The Morgan fingerprint density at radius 1 is 1.35 bits per heavy atom. The Balaban J connectivity index is 2.09. The monoisotopic (exact) mass is 298 g/mol. The molecular formula is C11H14N4O4S. The number of aromatic nitrogens is 2. The van der Waals surface area contributed by atoms with E-state index in [0.717, 1.165) is 0 Å². The lowest BCUT2D eigenvalue weighted by Crippen LogP contribution is -2.37. The van der Waals surface area contributed by atoms with Gasteiger partial charge in [0.15, 0.2) is 0 Å². The van der Waals surface area contributed by atoms with Crippen molar-refractivity contribution in [3.8, 4) is 0 Å². The molecule has 1 aromatic carbocycles. The van der Waals surface area contributed by atoms with Crippen LogP contribution in [-0.4, -0.2) is 30.6 Å². The average molecular weight is 298 g/mol. The quantitative estimate of drug-likeness (QED) is 0.788. The van der Waals surface area contributed by atoms with Gasteiger partial charge in [-0.2, -0.15) is 8.42 Å². The fourth-order valence-corrected chi connectivity index (χ4v) is 2.17. The van der Waals surface area contributed by atoms with Gasteiger partial charge in [-0.05, 0) is 26.0 Å². The van der Waals surface area contributed by atoms with Crippen LogP contribution < -0.4 is 9.44 Å². The molecule has 0 radical (unpaired) electrons. The maximum atomic E-state index is 11.7. The van der Waals surface area contributed by atoms with E-state index in [4.69, 9.17) is 0 Å². The number of rotatable bonds is 4. The fourth-order valence-electron chi connectivity index (χ4n) is 1.50. The number of ether oxygens (including phenoxy) is 1. The minimum Gasteiger partial charge on any atom is -0.446 e. The summed E-state index contributed by atoms with van der Waals surface area (Å²) in [5.74, 6) is 0.0102. The number of hydrogen-bond acceptors (Lipinski definition) is 5. The van der Waals surface area contributed by atoms with E-state index in [1.165, 1.54) is 0 Å². The van der Waals surface area contributed by atoms with Crippen molar-refractivity contribution in [1.82, 2.24) is 14.7 Å². The molecule has 0 unspecified atom stereocenters. The zero-order chi connectivity index (χ0) is 14.8. The van der Waals surface area contributed by atoms with Gasteiger partial charge < -0.3 is 9.72 Å². The Morgan fingerprint density at radius 2 is 2.05 bits per heavy atom. The minimum atomic E-state index is -4.10. The number of carbonyl (C=O) groups is 1. The molecule has 9 heteroatoms. The highest BCUT2D eigenvalue weighted by atomic mass is 32.2. The molecule has 1 aromatic heterocycles. The van der Waals surface area contributed by atoms with Gasteiger partial charge in [-0.25, -0.2) is 19.2 Å². The Bertz CT molecular complexity index is 690. The summed E-state index contributed by atoms with van der Waals surface area (Å²) in [6.07, 6.45) is -1.47. The number of aromatic amines is 1. The Morgan fingerprint density at radius 3 is 2.70 bits per heavy atom. The molecule has 8 nitrogen and oxygen atoms in total. The van der Waals surface area contributed by atoms with Crippen LogP contribution in [0.4, 0.5) is 10.7 Å². The van der Waals surface area contributed by atoms with Gasteiger partial charge in [0, 0.05) is 0 Å². The molecule has 108 valence electrons. The van der Waals surface area contributed by atoms with E-state index in [1.54, 1.807) is 42.8 Å². The molecule has 0 fully saturated rings. The van der Waals surface area contributed by atoms with Crippen LogP contribution in [0, 0.1) is 0 Å². The maximum Gasteiger partial charge on any atom is 0.422 e. The van der Waals surface area contributed by atoms with Crippen LogP contribution in [-0.2, 0) is 14.9 Å². The van der Waals surface area contributed by atoms with Crippen molar-refractivity contribution in [3.63, 3.8) is 0 Å². The van der Waals surface area contributed by atoms with Gasteiger partial charge >= 0.3 is 16.3 Å². The molecule has 2 rings (SSSR count). The highest BCUT2D eigenvalue weighted by Gasteiger charge is 2.17. The van der Waals surface area contributed by atoms with Gasteiger partial charge in [-0.15, -0.1) is 0 Å². The van der Waals surface area contributed by atoms with Crippen molar-refractivity contribution in [2.24, 2.45) is 0 Å². The topological polar surface area (TPSA) is 113 Å². The molecule has 0 aliphatic rings. The number of para-hydroxylation sites is 2. The number of nitrogens with zero attached hydrogens (tertiary/aromatic N) is 1. The first kappa shape index (κ1) is 14.1. The van der Waals surface area contributed by atoms with E-state index in [-0.39, 0.29) is 5.95 Å². The Kier molecular flexibility index (Phi) is 3.79. The molecule has 2 aromatic rings. The molecule has 3 N–H and O–H groups in total. The zero-order valence-electron chi connectivity index (χ0n) is 10.9. The molecular weight excluding hydrogens is 284 g/mol. The number of amides is 1. The van der Waals surface area contributed by atoms with Gasteiger partial charge in [-0.3, -0.25) is 0 Å². The first-order valence-corrected chi connectivity index (χ1v) is 7.30. The van der Waals surface area contributed by atoms with Gasteiger partial charge in [0.25, 0.3) is 0 Å². The van der Waals surface area contributed by atoms with Crippen molar-refractivity contribution in [3.05, 3.63) is 24.3 Å². The van der Waals surface area contributed by atoms with Crippen molar-refractivity contribution in [1.29, 1.82) is 0 Å². The number of hydrogen-bond donors (Lipinski definition) is 3. The molecule has 0 saturated heterocycles. The summed E-state index contributed by atoms with van der Waals surface area (Å²) in [5, 5.41) is 0. The molecule has 0 aliphatic heterocycles. The van der Waals surface area contributed by atoms with E-state index in [2.05, 4.69) is 19.4 Å². The first-order chi connectivity index (χ1) is 9.35. The Labute approximate surface area is 115 Å². The molecule has 0 atom stereocenters. The first-order valence-electron chi connectivity index (χ1n) is 5.81. The van der Waals surface area contributed by atoms with Crippen LogP contribution in [0.25, 0.3) is 11.0 Å². The second kappa shape index (κ2) is 5.37. The molecule has 20 heavy (non-hydrogen) atoms. The lowest BCUT2D eigenvalue weighted by Gasteiger charge is -2.09. The summed E-state index contributed by atoms with van der Waals surface area (Å²) in [6, 6.07) is 7.04. The second-order valence-corrected chi connectivity index (χ2v) is 5.68. The third kappa shape index (κ3) is 3.60. The number of carbonyl (C=O) groups excluding carboxylic acids is 1. The van der Waals surface area contributed by atoms with Crippen molar-refractivity contribution in [2.45, 2.75) is 20.0 Å². The molecule has 0 aliphatic carbocycles. The normalized spacial score (nSPS) is 11.6. The predicted molar refractivity (Wildman–Crippen MR) is 73.4 cm³/mol. The molecule has 0 bridgehead atoms. The van der Waals surface area contributed by atoms with Crippen LogP contribution in [0.3, 0.4) is 0 Å². The second-order valence-electron chi connectivity index (χ2n) is 4.26. The number of fused-ring (bicyclic) bond motifs is 1. The minimum absolute atomic E-state index is 0.0102. The summed E-state index contributed by atoms with van der Waals surface area (Å²) in [7, 11) is -4.10. The smallest absolute Gasteiger partial charge is 0.422 e. The summed E-state index contributed by atoms with van der Waals surface area (Å²) in [4.78, 5) is 18.0. The summed E-state index contributed by atoms with van der Waals surface area (Å²) >= 11 is 0. The van der Waals surface area contributed by atoms with E-state index >= 15 is 0 Å². The predicted octanol–water partition coefficient (Wildman–Crippen LogP) is 1.35. The van der Waals surface area contributed by atoms with E-state index in [9.17, 15) is 13.2 Å². The van der Waals surface area contributed by atoms with Crippen molar-refractivity contribution < 1.29 is 17.9 Å². The number of H-pyrrole nitrogens is 1. The van der Waals surface area contributed by atoms with Crippen LogP contribution in [0.5, 0.6) is 0 Å². The number of nitrogens with one attached hydrogen (secondary N) is 3. The third-order valence-corrected chi connectivity index (χ3v) is 3.08. The summed E-state index contributed by atoms with van der Waals surface area (Å²) < 4.78 is 31.9. The van der Waals surface area contributed by atoms with Gasteiger partial charge in [0.05, 0.1) is 17.1 Å². The highest BCUT2D eigenvalue weighted by Crippen LogP contribution is 2.13. The van der Waals surface area contributed by atoms with Gasteiger partial charge in [0.1, 0.15) is 0 Å². The summed E-state index contributed by atoms with van der Waals surface area (Å²) in [6.45, 7) is 3.22. The van der Waals surface area contributed by atoms with Crippen LogP contribution in [0.1, 0.15) is 13.8 Å². The lowest BCUT2D eigenvalue weighted by molar-refractivity contribution is 0.121. The Hall–Kier alpha value is -2.29. The summed E-state index contributed by atoms with van der Waals surface area (Å²) in [5.41, 5.74) is 1.28. The van der Waals surface area contributed by atoms with Crippen molar-refractivity contribution >= 4 is 33.3 Å². The van der Waals surface area contributed by atoms with Gasteiger partial charge in [-0.1, -0.05) is 12.1 Å². The van der Waals surface area contributed by atoms with Crippen molar-refractivity contribution in [2.75, 3.05) is 4.72 Å². The van der Waals surface area contributed by atoms with Crippen LogP contribution >= 0.6 is 0 Å². The highest BCUT2D eigenvalue weighted by molar-refractivity contribution is 7.91. The van der Waals surface area contributed by atoms with Crippen LogP contribution in [0.15, 0.2) is 24.3 Å². The van der Waals surface area contributed by atoms with E-state index in [1.807, 2.05) is 0 Å². The molecule has 1 heterocycles. The standard InChI is InChI=1S/C11H14N4O4S/c1-7(2)19-11(16)15-20(17,18)14-10-12-8-5-3-4-6-9(8)13-10/h3-7H,1-2H3,(H,15,16)(H2,12,13,14). The molecule has 0 spiro atoms. The van der Waals surface area contributed by atoms with Gasteiger partial charge in [0.2, 0.25) is 5.95 Å². The largest absolute Gasteiger partial charge is 0.446 e. The number of anilines is 1. The fraction of sp³-hybridized carbons (Fsp3) is 0.273. The van der Waals surface area contributed by atoms with E-state index < -0.39 is 22.4 Å². The SMILES string of the molecule is CC(C)OC(=O)NS(=O)(=O)Nc1nc2ccccc2[nH]1. The zero-order valence-corrected chi connectivity index (χ0v) is 11.7. The number of benzene rings is 1.